The van der Waals surface area contributed by atoms with Gasteiger partial charge in [-0.3, -0.25) is 0 Å². The Morgan fingerprint density at radius 1 is 1.40 bits per heavy atom. The van der Waals surface area contributed by atoms with Gasteiger partial charge in [0.25, 0.3) is 0 Å². The number of nitrogens with zero attached hydrogens (tertiary/aromatic N) is 1. The van der Waals surface area contributed by atoms with Crippen molar-refractivity contribution in [2.75, 3.05) is 18.1 Å². The molecular weight excluding hydrogens is 250 g/mol. The van der Waals surface area contributed by atoms with Crippen LogP contribution in [0.15, 0.2) is 24.3 Å². The van der Waals surface area contributed by atoms with Gasteiger partial charge in [0, 0.05) is 17.6 Å². The van der Waals surface area contributed by atoms with Crippen molar-refractivity contribution in [2.45, 2.75) is 45.1 Å². The fourth-order valence-corrected chi connectivity index (χ4v) is 3.35. The predicted molar refractivity (Wildman–Crippen MR) is 80.0 cm³/mol. The molecule has 1 fully saturated rings. The molecule has 20 heavy (non-hydrogen) atoms. The van der Waals surface area contributed by atoms with Crippen LogP contribution in [0.5, 0.6) is 0 Å². The predicted octanol–water partition coefficient (Wildman–Crippen LogP) is 3.13. The highest BCUT2D eigenvalue weighted by Crippen LogP contribution is 2.46. The highest BCUT2D eigenvalue weighted by molar-refractivity contribution is 5.83. The van der Waals surface area contributed by atoms with Gasteiger partial charge >= 0.3 is 5.97 Å². The van der Waals surface area contributed by atoms with Crippen molar-refractivity contribution in [3.63, 3.8) is 0 Å². The molecule has 2 aliphatic rings. The molecule has 1 heterocycles. The van der Waals surface area contributed by atoms with Crippen molar-refractivity contribution in [1.29, 1.82) is 0 Å². The van der Waals surface area contributed by atoms with E-state index in [0.29, 0.717) is 12.5 Å². The van der Waals surface area contributed by atoms with Crippen LogP contribution in [0.1, 0.15) is 39.2 Å². The Morgan fingerprint density at radius 2 is 2.10 bits per heavy atom. The Bertz CT molecular complexity index is 519. The molecule has 0 radical (unpaired) electrons. The van der Waals surface area contributed by atoms with Crippen molar-refractivity contribution in [2.24, 2.45) is 5.92 Å². The second kappa shape index (κ2) is 4.80. The average molecular weight is 273 g/mol. The molecule has 0 N–H and O–H groups in total. The van der Waals surface area contributed by atoms with Gasteiger partial charge in [0.1, 0.15) is 6.04 Å². The van der Waals surface area contributed by atoms with Gasteiger partial charge in [-0.05, 0) is 37.3 Å². The highest BCUT2D eigenvalue weighted by atomic mass is 16.5. The van der Waals surface area contributed by atoms with Crippen molar-refractivity contribution >= 4 is 11.7 Å². The van der Waals surface area contributed by atoms with Crippen LogP contribution in [0.2, 0.25) is 0 Å². The third kappa shape index (κ3) is 2.19. The van der Waals surface area contributed by atoms with Gasteiger partial charge < -0.3 is 9.64 Å². The van der Waals surface area contributed by atoms with E-state index >= 15 is 0 Å². The largest absolute Gasteiger partial charge is 0.464 e. The van der Waals surface area contributed by atoms with Crippen LogP contribution in [-0.2, 0) is 14.9 Å². The van der Waals surface area contributed by atoms with E-state index in [9.17, 15) is 4.79 Å². The zero-order chi connectivity index (χ0) is 14.3. The van der Waals surface area contributed by atoms with Gasteiger partial charge in [-0.1, -0.05) is 32.0 Å². The Morgan fingerprint density at radius 3 is 2.75 bits per heavy atom. The number of esters is 1. The number of hydrogen-bond acceptors (Lipinski definition) is 3. The fourth-order valence-electron chi connectivity index (χ4n) is 3.35. The van der Waals surface area contributed by atoms with Gasteiger partial charge in [-0.15, -0.1) is 0 Å². The molecule has 0 saturated heterocycles. The Kier molecular flexibility index (Phi) is 3.23. The monoisotopic (exact) mass is 273 g/mol. The number of hydrogen-bond donors (Lipinski definition) is 0. The molecule has 1 atom stereocenters. The summed E-state index contributed by atoms with van der Waals surface area (Å²) in [7, 11) is 0. The summed E-state index contributed by atoms with van der Waals surface area (Å²) in [6, 6.07) is 8.37. The summed E-state index contributed by atoms with van der Waals surface area (Å²) in [6.07, 6.45) is 2.28. The molecule has 108 valence electrons. The highest BCUT2D eigenvalue weighted by Gasteiger charge is 2.46. The maximum Gasteiger partial charge on any atom is 0.329 e. The Hall–Kier alpha value is -1.51. The van der Waals surface area contributed by atoms with E-state index in [0.717, 1.165) is 19.4 Å². The van der Waals surface area contributed by atoms with Crippen LogP contribution in [0.4, 0.5) is 5.69 Å². The van der Waals surface area contributed by atoms with E-state index in [1.165, 1.54) is 11.3 Å². The maximum atomic E-state index is 12.4. The quantitative estimate of drug-likeness (QED) is 0.789. The van der Waals surface area contributed by atoms with Gasteiger partial charge in [0.2, 0.25) is 0 Å². The molecule has 1 aliphatic heterocycles. The molecule has 1 aliphatic carbocycles. The topological polar surface area (TPSA) is 29.5 Å². The number of rotatable bonds is 4. The minimum Gasteiger partial charge on any atom is -0.464 e. The third-order valence-corrected chi connectivity index (χ3v) is 4.44. The Balaban J connectivity index is 1.95. The molecule has 3 heteroatoms. The normalized spacial score (nSPS) is 21.4. The van der Waals surface area contributed by atoms with Gasteiger partial charge in [-0.2, -0.15) is 0 Å². The number of anilines is 1. The van der Waals surface area contributed by atoms with Gasteiger partial charge in [0.15, 0.2) is 0 Å². The number of ether oxygens (including phenoxy) is 1. The molecule has 1 aromatic carbocycles. The lowest BCUT2D eigenvalue weighted by Gasteiger charge is -2.30. The molecule has 1 unspecified atom stereocenters. The van der Waals surface area contributed by atoms with E-state index in [1.54, 1.807) is 0 Å². The number of carbonyl (C=O) groups is 1. The second-order valence-electron chi connectivity index (χ2n) is 6.56. The standard InChI is InChI=1S/C17H23NO2/c1-4-20-16(19)15(12-9-10-12)18-11-17(2,3)13-7-5-6-8-14(13)18/h5-8,12,15H,4,9-11H2,1-3H3. The summed E-state index contributed by atoms with van der Waals surface area (Å²) in [5.74, 6) is 0.415. The molecular formula is C17H23NO2. The van der Waals surface area contributed by atoms with Crippen LogP contribution >= 0.6 is 0 Å². The van der Waals surface area contributed by atoms with E-state index in [4.69, 9.17) is 4.74 Å². The SMILES string of the molecule is CCOC(=O)C(C1CC1)N1CC(C)(C)c2ccccc21. The maximum absolute atomic E-state index is 12.4. The number of benzene rings is 1. The first-order valence-corrected chi connectivity index (χ1v) is 7.57. The second-order valence-corrected chi connectivity index (χ2v) is 6.56. The minimum atomic E-state index is -0.0992. The van der Waals surface area contributed by atoms with Crippen LogP contribution in [0, 0.1) is 5.92 Å². The van der Waals surface area contributed by atoms with Crippen molar-refractivity contribution < 1.29 is 9.53 Å². The smallest absolute Gasteiger partial charge is 0.329 e. The summed E-state index contributed by atoms with van der Waals surface area (Å²) < 4.78 is 5.32. The first kappa shape index (κ1) is 13.5. The summed E-state index contributed by atoms with van der Waals surface area (Å²) in [5, 5.41) is 0. The molecule has 3 nitrogen and oxygen atoms in total. The summed E-state index contributed by atoms with van der Waals surface area (Å²) in [6.45, 7) is 7.73. The molecule has 1 saturated carbocycles. The molecule has 0 bridgehead atoms. The van der Waals surface area contributed by atoms with Crippen molar-refractivity contribution in [3.8, 4) is 0 Å². The molecule has 0 amide bonds. The Labute approximate surface area is 120 Å². The van der Waals surface area contributed by atoms with Crippen LogP contribution in [-0.4, -0.2) is 25.2 Å². The van der Waals surface area contributed by atoms with Gasteiger partial charge in [-0.25, -0.2) is 4.79 Å². The molecule has 1 aromatic rings. The summed E-state index contributed by atoms with van der Waals surface area (Å²) in [4.78, 5) is 14.7. The lowest BCUT2D eigenvalue weighted by Crippen LogP contribution is -2.45. The van der Waals surface area contributed by atoms with Crippen LogP contribution in [0.3, 0.4) is 0 Å². The number of carbonyl (C=O) groups excluding carboxylic acids is 1. The average Bonchev–Trinajstić information content (AvgIpc) is 3.19. The van der Waals surface area contributed by atoms with Crippen LogP contribution < -0.4 is 4.90 Å². The van der Waals surface area contributed by atoms with Crippen molar-refractivity contribution in [3.05, 3.63) is 29.8 Å². The zero-order valence-corrected chi connectivity index (χ0v) is 12.6. The summed E-state index contributed by atoms with van der Waals surface area (Å²) in [5.41, 5.74) is 2.65. The molecule has 0 aromatic heterocycles. The lowest BCUT2D eigenvalue weighted by molar-refractivity contribution is -0.145. The van der Waals surface area contributed by atoms with Crippen molar-refractivity contribution in [1.82, 2.24) is 0 Å². The fraction of sp³-hybridized carbons (Fsp3) is 0.588. The van der Waals surface area contributed by atoms with E-state index in [1.807, 2.05) is 6.92 Å². The first-order valence-electron chi connectivity index (χ1n) is 7.57. The number of fused-ring (bicyclic) bond motifs is 1. The zero-order valence-electron chi connectivity index (χ0n) is 12.6. The number of para-hydroxylation sites is 1. The van der Waals surface area contributed by atoms with Gasteiger partial charge in [0.05, 0.1) is 6.61 Å². The van der Waals surface area contributed by atoms with E-state index in [2.05, 4.69) is 43.0 Å². The van der Waals surface area contributed by atoms with E-state index in [-0.39, 0.29) is 17.4 Å². The molecule has 3 rings (SSSR count). The minimum absolute atomic E-state index is 0.0532. The third-order valence-electron chi connectivity index (χ3n) is 4.44. The van der Waals surface area contributed by atoms with Crippen LogP contribution in [0.25, 0.3) is 0 Å². The lowest BCUT2D eigenvalue weighted by atomic mass is 9.87. The first-order chi connectivity index (χ1) is 9.54. The summed E-state index contributed by atoms with van der Waals surface area (Å²) >= 11 is 0. The van der Waals surface area contributed by atoms with E-state index < -0.39 is 0 Å². The molecule has 0 spiro atoms.